The van der Waals surface area contributed by atoms with Gasteiger partial charge in [-0.3, -0.25) is 9.48 Å². The molecule has 2 rings (SSSR count). The highest BCUT2D eigenvalue weighted by atomic mass is 79.9. The zero-order valence-electron chi connectivity index (χ0n) is 11.6. The Hall–Kier alpha value is -1.07. The van der Waals surface area contributed by atoms with Crippen LogP contribution in [0, 0.1) is 6.92 Å². The number of aromatic nitrogens is 2. The number of nitrogens with zero attached hydrogens (tertiary/aromatic N) is 2. The Bertz CT molecular complexity index is 592. The van der Waals surface area contributed by atoms with E-state index in [-0.39, 0.29) is 5.78 Å². The van der Waals surface area contributed by atoms with Gasteiger partial charge in [0.2, 0.25) is 0 Å². The van der Waals surface area contributed by atoms with Crippen LogP contribution in [0.5, 0.6) is 0 Å². The van der Waals surface area contributed by atoms with Gasteiger partial charge in [-0.05, 0) is 37.3 Å². The molecule has 0 aliphatic heterocycles. The van der Waals surface area contributed by atoms with E-state index in [2.05, 4.69) is 27.1 Å². The average Bonchev–Trinajstić information content (AvgIpc) is 2.73. The van der Waals surface area contributed by atoms with Crippen molar-refractivity contribution in [2.75, 3.05) is 5.75 Å². The molecule has 0 N–H and O–H groups in total. The fourth-order valence-electron chi connectivity index (χ4n) is 1.91. The van der Waals surface area contributed by atoms with Crippen molar-refractivity contribution in [1.29, 1.82) is 0 Å². The van der Waals surface area contributed by atoms with Crippen LogP contribution >= 0.6 is 27.7 Å². The van der Waals surface area contributed by atoms with Crippen LogP contribution in [0.15, 0.2) is 39.8 Å². The third kappa shape index (κ3) is 4.21. The molecule has 0 aliphatic rings. The molecule has 2 aromatic rings. The second-order valence-corrected chi connectivity index (χ2v) is 6.66. The van der Waals surface area contributed by atoms with Gasteiger partial charge in [0.15, 0.2) is 5.78 Å². The minimum absolute atomic E-state index is 0.208. The maximum atomic E-state index is 12.0. The highest BCUT2D eigenvalue weighted by Crippen LogP contribution is 2.20. The number of hydrogen-bond acceptors (Lipinski definition) is 3. The molecule has 1 heterocycles. The zero-order valence-corrected chi connectivity index (χ0v) is 14.0. The SMILES string of the molecule is Cc1cc(SCCCC(=O)c2ccc(Br)cc2)n(C)n1. The monoisotopic (exact) mass is 352 g/mol. The molecule has 0 saturated heterocycles. The molecule has 0 unspecified atom stereocenters. The summed E-state index contributed by atoms with van der Waals surface area (Å²) in [6.07, 6.45) is 1.47. The molecule has 1 aromatic heterocycles. The standard InChI is InChI=1S/C15H17BrN2OS/c1-11-10-15(18(2)17-11)20-9-3-4-14(19)12-5-7-13(16)8-6-12/h5-8,10H,3-4,9H2,1-2H3. The average molecular weight is 353 g/mol. The Kier molecular flexibility index (Phi) is 5.43. The molecule has 0 atom stereocenters. The number of carbonyl (C=O) groups excluding carboxylic acids is 1. The zero-order chi connectivity index (χ0) is 14.5. The summed E-state index contributed by atoms with van der Waals surface area (Å²) in [5.74, 6) is 1.14. The van der Waals surface area contributed by atoms with Gasteiger partial charge in [-0.25, -0.2) is 0 Å². The smallest absolute Gasteiger partial charge is 0.162 e. The molecule has 0 radical (unpaired) electrons. The van der Waals surface area contributed by atoms with Crippen LogP contribution in [0.2, 0.25) is 0 Å². The Morgan fingerprint density at radius 3 is 2.65 bits per heavy atom. The van der Waals surface area contributed by atoms with Crippen LogP contribution in [0.25, 0.3) is 0 Å². The number of thioether (sulfide) groups is 1. The Morgan fingerprint density at radius 1 is 1.35 bits per heavy atom. The van der Waals surface area contributed by atoms with Crippen molar-refractivity contribution < 1.29 is 4.79 Å². The molecular formula is C15H17BrN2OS. The molecule has 0 saturated carbocycles. The first-order valence-electron chi connectivity index (χ1n) is 6.48. The van der Waals surface area contributed by atoms with Crippen molar-refractivity contribution in [2.24, 2.45) is 7.05 Å². The number of rotatable bonds is 6. The lowest BCUT2D eigenvalue weighted by atomic mass is 10.1. The van der Waals surface area contributed by atoms with Gasteiger partial charge < -0.3 is 0 Å². The van der Waals surface area contributed by atoms with E-state index in [9.17, 15) is 4.79 Å². The Labute approximate surface area is 131 Å². The molecule has 0 fully saturated rings. The summed E-state index contributed by atoms with van der Waals surface area (Å²) in [4.78, 5) is 12.0. The van der Waals surface area contributed by atoms with E-state index in [4.69, 9.17) is 0 Å². The van der Waals surface area contributed by atoms with E-state index < -0.39 is 0 Å². The highest BCUT2D eigenvalue weighted by Gasteiger charge is 2.07. The normalized spacial score (nSPS) is 10.8. The number of halogens is 1. The van der Waals surface area contributed by atoms with Crippen LogP contribution in [0.1, 0.15) is 28.9 Å². The number of carbonyl (C=O) groups is 1. The number of aryl methyl sites for hydroxylation is 2. The summed E-state index contributed by atoms with van der Waals surface area (Å²) >= 11 is 5.12. The predicted molar refractivity (Wildman–Crippen MR) is 86.4 cm³/mol. The molecule has 1 aromatic carbocycles. The lowest BCUT2D eigenvalue weighted by Crippen LogP contribution is -2.00. The summed E-state index contributed by atoms with van der Waals surface area (Å²) in [6, 6.07) is 9.61. The van der Waals surface area contributed by atoms with Crippen molar-refractivity contribution in [2.45, 2.75) is 24.8 Å². The summed E-state index contributed by atoms with van der Waals surface area (Å²) in [5, 5.41) is 5.46. The molecule has 3 nitrogen and oxygen atoms in total. The molecule has 0 amide bonds. The van der Waals surface area contributed by atoms with Crippen LogP contribution in [0.3, 0.4) is 0 Å². The van der Waals surface area contributed by atoms with Gasteiger partial charge in [0.25, 0.3) is 0 Å². The fourth-order valence-corrected chi connectivity index (χ4v) is 3.16. The first-order chi connectivity index (χ1) is 9.56. The van der Waals surface area contributed by atoms with Crippen LogP contribution in [0.4, 0.5) is 0 Å². The van der Waals surface area contributed by atoms with Crippen molar-refractivity contribution in [1.82, 2.24) is 9.78 Å². The van der Waals surface area contributed by atoms with Gasteiger partial charge in [0.05, 0.1) is 10.7 Å². The molecule has 0 aliphatic carbocycles. The van der Waals surface area contributed by atoms with E-state index in [0.717, 1.165) is 32.9 Å². The minimum atomic E-state index is 0.208. The number of Topliss-reactive ketones (excluding diaryl/α,β-unsaturated/α-hetero) is 1. The topological polar surface area (TPSA) is 34.9 Å². The van der Waals surface area contributed by atoms with Gasteiger partial charge in [0.1, 0.15) is 0 Å². The maximum absolute atomic E-state index is 12.0. The van der Waals surface area contributed by atoms with Gasteiger partial charge in [0, 0.05) is 23.5 Å². The van der Waals surface area contributed by atoms with Gasteiger partial charge in [-0.1, -0.05) is 28.1 Å². The molecule has 5 heteroatoms. The van der Waals surface area contributed by atoms with Crippen molar-refractivity contribution >= 4 is 33.5 Å². The lowest BCUT2D eigenvalue weighted by molar-refractivity contribution is 0.0982. The molecule has 0 bridgehead atoms. The minimum Gasteiger partial charge on any atom is -0.294 e. The number of ketones is 1. The van der Waals surface area contributed by atoms with Crippen LogP contribution in [-0.4, -0.2) is 21.3 Å². The van der Waals surface area contributed by atoms with Crippen molar-refractivity contribution in [3.63, 3.8) is 0 Å². The van der Waals surface area contributed by atoms with E-state index >= 15 is 0 Å². The number of hydrogen-bond donors (Lipinski definition) is 0. The summed E-state index contributed by atoms with van der Waals surface area (Å²) in [6.45, 7) is 1.99. The van der Waals surface area contributed by atoms with Crippen LogP contribution in [-0.2, 0) is 7.05 Å². The van der Waals surface area contributed by atoms with Gasteiger partial charge in [-0.15, -0.1) is 11.8 Å². The van der Waals surface area contributed by atoms with Gasteiger partial charge >= 0.3 is 0 Å². The fraction of sp³-hybridized carbons (Fsp3) is 0.333. The third-order valence-corrected chi connectivity index (χ3v) is 4.62. The first kappa shape index (κ1) is 15.3. The second-order valence-electron chi connectivity index (χ2n) is 4.63. The van der Waals surface area contributed by atoms with Crippen molar-refractivity contribution in [3.05, 3.63) is 46.1 Å². The number of benzene rings is 1. The largest absolute Gasteiger partial charge is 0.294 e. The lowest BCUT2D eigenvalue weighted by Gasteiger charge is -2.02. The van der Waals surface area contributed by atoms with Gasteiger partial charge in [-0.2, -0.15) is 5.10 Å². The van der Waals surface area contributed by atoms with Crippen LogP contribution < -0.4 is 0 Å². The summed E-state index contributed by atoms with van der Waals surface area (Å²) in [7, 11) is 1.95. The van der Waals surface area contributed by atoms with E-state index in [0.29, 0.717) is 6.42 Å². The Balaban J connectivity index is 1.77. The predicted octanol–water partition coefficient (Wildman–Crippen LogP) is 4.25. The summed E-state index contributed by atoms with van der Waals surface area (Å²) < 4.78 is 2.88. The molecule has 106 valence electrons. The molecule has 0 spiro atoms. The molecular weight excluding hydrogens is 336 g/mol. The molecule has 20 heavy (non-hydrogen) atoms. The third-order valence-electron chi connectivity index (χ3n) is 2.92. The maximum Gasteiger partial charge on any atom is 0.162 e. The Morgan fingerprint density at radius 2 is 2.05 bits per heavy atom. The van der Waals surface area contributed by atoms with E-state index in [1.807, 2.05) is 42.9 Å². The first-order valence-corrected chi connectivity index (χ1v) is 8.26. The second kappa shape index (κ2) is 7.09. The highest BCUT2D eigenvalue weighted by molar-refractivity contribution is 9.10. The van der Waals surface area contributed by atoms with E-state index in [1.54, 1.807) is 11.8 Å². The van der Waals surface area contributed by atoms with Crippen molar-refractivity contribution in [3.8, 4) is 0 Å². The summed E-state index contributed by atoms with van der Waals surface area (Å²) in [5.41, 5.74) is 1.82. The van der Waals surface area contributed by atoms with E-state index in [1.165, 1.54) is 0 Å². The quantitative estimate of drug-likeness (QED) is 0.442.